The number of anilines is 5. The molecule has 0 fully saturated rings. The molecule has 5 rings (SSSR count). The monoisotopic (exact) mass is 786 g/mol. The molecule has 0 unspecified atom stereocenters. The van der Waals surface area contributed by atoms with E-state index in [-0.39, 0.29) is 33.9 Å². The minimum atomic E-state index is -3.66. The summed E-state index contributed by atoms with van der Waals surface area (Å²) in [6.07, 6.45) is 2.57. The summed E-state index contributed by atoms with van der Waals surface area (Å²) in [6, 6.07) is 20.0. The molecule has 16 nitrogen and oxygen atoms in total. The number of carbonyl (C=O) groups excluding carboxylic acids is 2. The van der Waals surface area contributed by atoms with Crippen molar-refractivity contribution in [3.8, 4) is 23.0 Å². The molecule has 17 heteroatoms. The Hall–Kier alpha value is -6.59. The number of amides is 3. The fraction of sp³-hybridized carbons (Fsp3) is 0.231. The number of sulfonamides is 1. The Bertz CT molecular complexity index is 2400. The van der Waals surface area contributed by atoms with E-state index in [0.29, 0.717) is 39.5 Å². The summed E-state index contributed by atoms with van der Waals surface area (Å²) >= 11 is 0. The molecular formula is C39H42N6O10S. The second-order valence-electron chi connectivity index (χ2n) is 13.5. The third-order valence-corrected chi connectivity index (χ3v) is 8.89. The molecule has 4 aromatic carbocycles. The van der Waals surface area contributed by atoms with Crippen molar-refractivity contribution in [3.63, 3.8) is 0 Å². The molecule has 0 aliphatic heterocycles. The molecule has 0 bridgehead atoms. The van der Waals surface area contributed by atoms with Crippen LogP contribution in [0.4, 0.5) is 33.4 Å². The summed E-state index contributed by atoms with van der Waals surface area (Å²) in [7, 11) is -0.914. The first-order chi connectivity index (χ1) is 26.5. The number of rotatable bonds is 14. The molecule has 1 aromatic heterocycles. The highest BCUT2D eigenvalue weighted by atomic mass is 32.2. The van der Waals surface area contributed by atoms with Crippen molar-refractivity contribution in [1.82, 2.24) is 10.3 Å². The molecule has 1 atom stereocenters. The minimum absolute atomic E-state index is 0.0654. The van der Waals surface area contributed by atoms with Crippen LogP contribution in [0.25, 0.3) is 10.8 Å². The molecule has 0 saturated carbocycles. The SMILES string of the molecule is COc1cc(Nc2cc(Oc3ccc(NC(=O)Nc4cc(C(C)(C)C)cc(NS(C)(=O)=O)c4OC)c4ccccc34)ccn2)ccc1C(=O)N[C@@H](CO)C(=O)O. The Morgan fingerprint density at radius 1 is 0.839 bits per heavy atom. The van der Waals surface area contributed by atoms with Gasteiger partial charge in [0.1, 0.15) is 23.1 Å². The van der Waals surface area contributed by atoms with Gasteiger partial charge in [-0.15, -0.1) is 0 Å². The average Bonchev–Trinajstić information content (AvgIpc) is 3.13. The largest absolute Gasteiger partial charge is 0.496 e. The smallest absolute Gasteiger partial charge is 0.328 e. The lowest BCUT2D eigenvalue weighted by Gasteiger charge is -2.24. The van der Waals surface area contributed by atoms with E-state index in [1.807, 2.05) is 45.0 Å². The van der Waals surface area contributed by atoms with Gasteiger partial charge in [-0.3, -0.25) is 9.52 Å². The van der Waals surface area contributed by atoms with E-state index < -0.39 is 40.6 Å². The quantitative estimate of drug-likeness (QED) is 0.0661. The van der Waals surface area contributed by atoms with Gasteiger partial charge in [0.15, 0.2) is 11.8 Å². The number of aliphatic hydroxyl groups is 1. The van der Waals surface area contributed by atoms with Gasteiger partial charge in [-0.05, 0) is 53.4 Å². The van der Waals surface area contributed by atoms with E-state index in [4.69, 9.17) is 19.3 Å². The van der Waals surface area contributed by atoms with Gasteiger partial charge >= 0.3 is 12.0 Å². The Kier molecular flexibility index (Phi) is 12.2. The maximum Gasteiger partial charge on any atom is 0.328 e. The predicted octanol–water partition coefficient (Wildman–Crippen LogP) is 6.28. The molecule has 294 valence electrons. The number of aliphatic carboxylic acids is 1. The maximum absolute atomic E-state index is 13.5. The number of carbonyl (C=O) groups is 3. The average molecular weight is 787 g/mol. The van der Waals surface area contributed by atoms with Gasteiger partial charge in [0.05, 0.1) is 49.7 Å². The van der Waals surface area contributed by atoms with Gasteiger partial charge < -0.3 is 45.7 Å². The van der Waals surface area contributed by atoms with E-state index in [1.54, 1.807) is 48.7 Å². The summed E-state index contributed by atoms with van der Waals surface area (Å²) in [5, 5.41) is 30.9. The molecule has 1 heterocycles. The van der Waals surface area contributed by atoms with Crippen LogP contribution in [0.1, 0.15) is 36.7 Å². The lowest BCUT2D eigenvalue weighted by Crippen LogP contribution is -2.43. The maximum atomic E-state index is 13.5. The Balaban J connectivity index is 1.35. The van der Waals surface area contributed by atoms with Crippen molar-refractivity contribution in [3.05, 3.63) is 96.2 Å². The fourth-order valence-corrected chi connectivity index (χ4v) is 6.14. The molecule has 56 heavy (non-hydrogen) atoms. The molecule has 5 aromatic rings. The van der Waals surface area contributed by atoms with Crippen LogP contribution < -0.4 is 40.2 Å². The number of nitrogens with one attached hydrogen (secondary N) is 5. The first kappa shape index (κ1) is 40.6. The van der Waals surface area contributed by atoms with Crippen LogP contribution in [-0.4, -0.2) is 74.6 Å². The summed E-state index contributed by atoms with van der Waals surface area (Å²) < 4.78 is 43.9. The molecule has 0 radical (unpaired) electrons. The molecule has 0 aliphatic carbocycles. The van der Waals surface area contributed by atoms with Crippen LogP contribution >= 0.6 is 0 Å². The number of hydrogen-bond acceptors (Lipinski definition) is 11. The lowest BCUT2D eigenvalue weighted by molar-refractivity contribution is -0.140. The topological polar surface area (TPSA) is 227 Å². The van der Waals surface area contributed by atoms with Gasteiger partial charge in [0, 0.05) is 34.8 Å². The van der Waals surface area contributed by atoms with E-state index in [1.165, 1.54) is 26.4 Å². The summed E-state index contributed by atoms with van der Waals surface area (Å²) in [4.78, 5) is 41.7. The van der Waals surface area contributed by atoms with E-state index >= 15 is 0 Å². The molecule has 0 spiro atoms. The summed E-state index contributed by atoms with van der Waals surface area (Å²) in [5.41, 5.74) is 1.87. The number of carboxylic acids is 1. The fourth-order valence-electron chi connectivity index (χ4n) is 5.59. The molecule has 7 N–H and O–H groups in total. The highest BCUT2D eigenvalue weighted by Crippen LogP contribution is 2.40. The number of aromatic nitrogens is 1. The Morgan fingerprint density at radius 3 is 2.18 bits per heavy atom. The van der Waals surface area contributed by atoms with Crippen LogP contribution in [-0.2, 0) is 20.2 Å². The number of ether oxygens (including phenoxy) is 3. The van der Waals surface area contributed by atoms with Crippen LogP contribution in [0.3, 0.4) is 0 Å². The van der Waals surface area contributed by atoms with Gasteiger partial charge in [-0.25, -0.2) is 23.0 Å². The molecular weight excluding hydrogens is 745 g/mol. The van der Waals surface area contributed by atoms with E-state index in [2.05, 4.69) is 31.0 Å². The van der Waals surface area contributed by atoms with Gasteiger partial charge in [0.25, 0.3) is 5.91 Å². The number of pyridine rings is 1. The van der Waals surface area contributed by atoms with Crippen molar-refractivity contribution in [2.45, 2.75) is 32.2 Å². The third-order valence-electron chi connectivity index (χ3n) is 8.30. The third kappa shape index (κ3) is 9.93. The Labute approximate surface area is 323 Å². The van der Waals surface area contributed by atoms with Crippen molar-refractivity contribution >= 4 is 67.3 Å². The zero-order valence-corrected chi connectivity index (χ0v) is 32.2. The highest BCUT2D eigenvalue weighted by Gasteiger charge is 2.24. The van der Waals surface area contributed by atoms with Crippen molar-refractivity contribution in [1.29, 1.82) is 0 Å². The number of methoxy groups -OCH3 is 2. The second-order valence-corrected chi connectivity index (χ2v) is 15.3. The van der Waals surface area contributed by atoms with Crippen LogP contribution in [0.2, 0.25) is 0 Å². The van der Waals surface area contributed by atoms with E-state index in [0.717, 1.165) is 11.8 Å². The van der Waals surface area contributed by atoms with Crippen LogP contribution in [0.5, 0.6) is 23.0 Å². The number of aliphatic hydroxyl groups excluding tert-OH is 1. The predicted molar refractivity (Wildman–Crippen MR) is 213 cm³/mol. The zero-order valence-electron chi connectivity index (χ0n) is 31.4. The van der Waals surface area contributed by atoms with Gasteiger partial charge in [-0.2, -0.15) is 0 Å². The van der Waals surface area contributed by atoms with Crippen molar-refractivity contribution in [2.24, 2.45) is 0 Å². The summed E-state index contributed by atoms with van der Waals surface area (Å²) in [5.74, 6) is -0.498. The number of benzene rings is 4. The lowest BCUT2D eigenvalue weighted by atomic mass is 9.86. The normalized spacial score (nSPS) is 11.9. The molecule has 3 amide bonds. The standard InChI is InChI=1S/C39H42N6O10S/c1-39(2,3)22-17-29(35(54-5)30(18-22)45-56(6,51)52)44-38(50)43-28-13-14-32(26-10-8-7-9-25(26)28)55-24-15-16-40-34(20-24)41-23-11-12-27(33(19-23)53-4)36(47)42-31(21-46)37(48)49/h7-20,31,45-46H,21H2,1-6H3,(H,40,41)(H,42,47)(H,48,49)(H2,43,44,50)/t31-/m0/s1. The minimum Gasteiger partial charge on any atom is -0.496 e. The van der Waals surface area contributed by atoms with Gasteiger partial charge in [0.2, 0.25) is 10.0 Å². The van der Waals surface area contributed by atoms with Crippen LogP contribution in [0, 0.1) is 0 Å². The zero-order chi connectivity index (χ0) is 40.8. The number of urea groups is 1. The summed E-state index contributed by atoms with van der Waals surface area (Å²) in [6.45, 7) is 5.11. The van der Waals surface area contributed by atoms with E-state index in [9.17, 15) is 27.9 Å². The van der Waals surface area contributed by atoms with Crippen molar-refractivity contribution < 1.29 is 47.2 Å². The highest BCUT2D eigenvalue weighted by molar-refractivity contribution is 7.92. The number of nitrogens with zero attached hydrogens (tertiary/aromatic N) is 1. The molecule has 0 aliphatic rings. The first-order valence-electron chi connectivity index (χ1n) is 17.0. The Morgan fingerprint density at radius 2 is 1.54 bits per heavy atom. The van der Waals surface area contributed by atoms with Crippen LogP contribution in [0.15, 0.2) is 85.1 Å². The van der Waals surface area contributed by atoms with Gasteiger partial charge in [-0.1, -0.05) is 45.0 Å². The molecule has 0 saturated heterocycles. The second kappa shape index (κ2) is 16.8. The number of fused-ring (bicyclic) bond motifs is 1. The number of carboxylic acid groups (broad SMARTS) is 1. The first-order valence-corrected chi connectivity index (χ1v) is 18.9. The number of hydrogen-bond donors (Lipinski definition) is 7. The van der Waals surface area contributed by atoms with Crippen molar-refractivity contribution in [2.75, 3.05) is 47.8 Å².